The average molecular weight is 389 g/mol. The highest BCUT2D eigenvalue weighted by atomic mass is 32.2. The minimum Gasteiger partial charge on any atom is -0.355 e. The molecule has 0 saturated carbocycles. The van der Waals surface area contributed by atoms with E-state index in [0.29, 0.717) is 23.2 Å². The van der Waals surface area contributed by atoms with Crippen molar-refractivity contribution in [1.29, 1.82) is 0 Å². The minimum absolute atomic E-state index is 0.0190. The van der Waals surface area contributed by atoms with Gasteiger partial charge in [0.2, 0.25) is 10.0 Å². The van der Waals surface area contributed by atoms with Crippen LogP contribution >= 0.6 is 0 Å². The number of hydrogen-bond donors (Lipinski definition) is 3. The van der Waals surface area contributed by atoms with Gasteiger partial charge in [0.1, 0.15) is 0 Å². The molecule has 0 fully saturated rings. The first-order chi connectivity index (χ1) is 12.8. The fourth-order valence-electron chi connectivity index (χ4n) is 2.47. The Kier molecular flexibility index (Phi) is 6.95. The third-order valence-electron chi connectivity index (χ3n) is 3.74. The maximum Gasteiger partial charge on any atom is 0.251 e. The lowest BCUT2D eigenvalue weighted by Crippen LogP contribution is -2.24. The van der Waals surface area contributed by atoms with Crippen LogP contribution in [0.1, 0.15) is 39.6 Å². The summed E-state index contributed by atoms with van der Waals surface area (Å²) < 4.78 is 26.2. The van der Waals surface area contributed by atoms with Crippen molar-refractivity contribution >= 4 is 27.5 Å². The molecule has 2 amide bonds. The van der Waals surface area contributed by atoms with Crippen LogP contribution in [-0.2, 0) is 16.6 Å². The molecule has 2 aromatic carbocycles. The molecule has 7 nitrogen and oxygen atoms in total. The van der Waals surface area contributed by atoms with Gasteiger partial charge in [-0.1, -0.05) is 25.1 Å². The maximum absolute atomic E-state index is 12.4. The van der Waals surface area contributed by atoms with E-state index in [0.717, 1.165) is 5.56 Å². The van der Waals surface area contributed by atoms with Crippen LogP contribution < -0.4 is 15.4 Å². The minimum atomic E-state index is -3.42. The summed E-state index contributed by atoms with van der Waals surface area (Å²) >= 11 is 0. The number of sulfonamides is 1. The lowest BCUT2D eigenvalue weighted by Gasteiger charge is -2.10. The number of carbonyl (C=O) groups is 2. The summed E-state index contributed by atoms with van der Waals surface area (Å²) in [5.41, 5.74) is 1.98. The SMILES string of the molecule is CCCS(=O)(=O)Nc1cccc(C(=O)NCc2cccc(C(=O)NC)c2)c1. The molecular formula is C19H23N3O4S. The molecule has 27 heavy (non-hydrogen) atoms. The van der Waals surface area contributed by atoms with Crippen LogP contribution in [0.5, 0.6) is 0 Å². The second-order valence-electron chi connectivity index (χ2n) is 5.96. The molecule has 0 aliphatic carbocycles. The predicted molar refractivity (Wildman–Crippen MR) is 105 cm³/mol. The largest absolute Gasteiger partial charge is 0.355 e. The second kappa shape index (κ2) is 9.18. The van der Waals surface area contributed by atoms with Gasteiger partial charge in [-0.25, -0.2) is 8.42 Å². The molecule has 3 N–H and O–H groups in total. The van der Waals surface area contributed by atoms with E-state index >= 15 is 0 Å². The van der Waals surface area contributed by atoms with Crippen molar-refractivity contribution in [2.45, 2.75) is 19.9 Å². The Hall–Kier alpha value is -2.87. The molecule has 0 radical (unpaired) electrons. The van der Waals surface area contributed by atoms with E-state index in [9.17, 15) is 18.0 Å². The molecular weight excluding hydrogens is 366 g/mol. The van der Waals surface area contributed by atoms with Crippen LogP contribution in [0.15, 0.2) is 48.5 Å². The molecule has 8 heteroatoms. The molecule has 0 aromatic heterocycles. The first kappa shape index (κ1) is 20.4. The third kappa shape index (κ3) is 6.10. The summed E-state index contributed by atoms with van der Waals surface area (Å²) in [6.07, 6.45) is 0.505. The van der Waals surface area contributed by atoms with Crippen LogP contribution in [-0.4, -0.2) is 33.0 Å². The molecule has 0 bridgehead atoms. The van der Waals surface area contributed by atoms with Crippen molar-refractivity contribution in [1.82, 2.24) is 10.6 Å². The monoisotopic (exact) mass is 389 g/mol. The topological polar surface area (TPSA) is 104 Å². The number of hydrogen-bond acceptors (Lipinski definition) is 4. The molecule has 2 aromatic rings. The Morgan fingerprint density at radius 3 is 2.30 bits per heavy atom. The van der Waals surface area contributed by atoms with Crippen LogP contribution in [0.2, 0.25) is 0 Å². The van der Waals surface area contributed by atoms with E-state index in [4.69, 9.17) is 0 Å². The summed E-state index contributed by atoms with van der Waals surface area (Å²) in [5, 5.41) is 5.32. The quantitative estimate of drug-likeness (QED) is 0.643. The number of nitrogens with one attached hydrogen (secondary N) is 3. The zero-order valence-electron chi connectivity index (χ0n) is 15.3. The Labute approximate surface area is 159 Å². The standard InChI is InChI=1S/C19H23N3O4S/c1-3-10-27(25,26)22-17-9-5-8-16(12-17)19(24)21-13-14-6-4-7-15(11-14)18(23)20-2/h4-9,11-12,22H,3,10,13H2,1-2H3,(H,20,23)(H,21,24). The third-order valence-corrected chi connectivity index (χ3v) is 5.23. The highest BCUT2D eigenvalue weighted by Gasteiger charge is 2.11. The van der Waals surface area contributed by atoms with Crippen LogP contribution in [0.4, 0.5) is 5.69 Å². The molecule has 0 aliphatic heterocycles. The Morgan fingerprint density at radius 1 is 0.963 bits per heavy atom. The van der Waals surface area contributed by atoms with Gasteiger partial charge < -0.3 is 10.6 Å². The highest BCUT2D eigenvalue weighted by molar-refractivity contribution is 7.92. The van der Waals surface area contributed by atoms with Crippen LogP contribution in [0.3, 0.4) is 0 Å². The van der Waals surface area contributed by atoms with E-state index in [2.05, 4.69) is 15.4 Å². The lowest BCUT2D eigenvalue weighted by molar-refractivity contribution is 0.0948. The first-order valence-electron chi connectivity index (χ1n) is 8.54. The average Bonchev–Trinajstić information content (AvgIpc) is 2.65. The van der Waals surface area contributed by atoms with Gasteiger partial charge in [0, 0.05) is 30.4 Å². The first-order valence-corrected chi connectivity index (χ1v) is 10.2. The molecule has 2 rings (SSSR count). The number of anilines is 1. The molecule has 0 saturated heterocycles. The molecule has 0 spiro atoms. The molecule has 0 unspecified atom stereocenters. The Balaban J connectivity index is 2.04. The van der Waals surface area contributed by atoms with E-state index in [1.807, 2.05) is 6.07 Å². The number of carbonyl (C=O) groups excluding carboxylic acids is 2. The van der Waals surface area contributed by atoms with E-state index < -0.39 is 10.0 Å². The van der Waals surface area contributed by atoms with Gasteiger partial charge in [0.05, 0.1) is 5.75 Å². The predicted octanol–water partition coefficient (Wildman–Crippen LogP) is 2.13. The van der Waals surface area contributed by atoms with E-state index in [-0.39, 0.29) is 24.1 Å². The molecule has 0 heterocycles. The van der Waals surface area contributed by atoms with E-state index in [1.54, 1.807) is 50.4 Å². The molecule has 144 valence electrons. The Morgan fingerprint density at radius 2 is 1.63 bits per heavy atom. The summed E-state index contributed by atoms with van der Waals surface area (Å²) in [6, 6.07) is 13.3. The van der Waals surface area contributed by atoms with Crippen molar-refractivity contribution in [3.63, 3.8) is 0 Å². The number of benzene rings is 2. The van der Waals surface area contributed by atoms with Crippen LogP contribution in [0, 0.1) is 0 Å². The highest BCUT2D eigenvalue weighted by Crippen LogP contribution is 2.13. The van der Waals surface area contributed by atoms with Gasteiger partial charge in [-0.3, -0.25) is 14.3 Å². The van der Waals surface area contributed by atoms with Gasteiger partial charge >= 0.3 is 0 Å². The van der Waals surface area contributed by atoms with Crippen LogP contribution in [0.25, 0.3) is 0 Å². The summed E-state index contributed by atoms with van der Waals surface area (Å²) in [6.45, 7) is 2.03. The van der Waals surface area contributed by atoms with Gasteiger partial charge in [-0.2, -0.15) is 0 Å². The van der Waals surface area contributed by atoms with Crippen molar-refractivity contribution in [3.05, 3.63) is 65.2 Å². The van der Waals surface area contributed by atoms with Gasteiger partial charge in [0.15, 0.2) is 0 Å². The summed E-state index contributed by atoms with van der Waals surface area (Å²) in [7, 11) is -1.86. The fourth-order valence-corrected chi connectivity index (χ4v) is 3.60. The zero-order valence-corrected chi connectivity index (χ0v) is 16.1. The van der Waals surface area contributed by atoms with E-state index in [1.165, 1.54) is 6.07 Å². The maximum atomic E-state index is 12.4. The molecule has 0 aliphatic rings. The summed E-state index contributed by atoms with van der Waals surface area (Å²) in [5.74, 6) is -0.516. The number of rotatable bonds is 8. The van der Waals surface area contributed by atoms with Crippen molar-refractivity contribution in [3.8, 4) is 0 Å². The normalized spacial score (nSPS) is 10.9. The summed E-state index contributed by atoms with van der Waals surface area (Å²) in [4.78, 5) is 24.0. The fraction of sp³-hybridized carbons (Fsp3) is 0.263. The number of amides is 2. The van der Waals surface area contributed by atoms with Crippen molar-refractivity contribution < 1.29 is 18.0 Å². The van der Waals surface area contributed by atoms with Gasteiger partial charge in [-0.15, -0.1) is 0 Å². The van der Waals surface area contributed by atoms with Crippen molar-refractivity contribution in [2.75, 3.05) is 17.5 Å². The smallest absolute Gasteiger partial charge is 0.251 e. The lowest BCUT2D eigenvalue weighted by atomic mass is 10.1. The van der Waals surface area contributed by atoms with Gasteiger partial charge in [-0.05, 0) is 42.3 Å². The molecule has 0 atom stereocenters. The second-order valence-corrected chi connectivity index (χ2v) is 7.81. The van der Waals surface area contributed by atoms with Crippen molar-refractivity contribution in [2.24, 2.45) is 0 Å². The zero-order chi connectivity index (χ0) is 19.9. The van der Waals surface area contributed by atoms with Gasteiger partial charge in [0.25, 0.3) is 11.8 Å². The Bertz CT molecular complexity index is 926.